The summed E-state index contributed by atoms with van der Waals surface area (Å²) in [5.41, 5.74) is 3.89. The minimum atomic E-state index is -0.0274. The molecule has 1 aromatic heterocycles. The number of hydrogen-bond acceptors (Lipinski definition) is 5. The van der Waals surface area contributed by atoms with Crippen LogP contribution in [0.1, 0.15) is 17.2 Å². The number of para-hydroxylation sites is 2. The van der Waals surface area contributed by atoms with Gasteiger partial charge in [-0.25, -0.2) is 4.98 Å². The Morgan fingerprint density at radius 2 is 1.93 bits per heavy atom. The summed E-state index contributed by atoms with van der Waals surface area (Å²) in [6, 6.07) is 16.0. The first-order valence-electron chi connectivity index (χ1n) is 9.93. The molecule has 2 N–H and O–H groups in total. The van der Waals surface area contributed by atoms with E-state index in [1.165, 1.54) is 22.2 Å². The molecule has 0 aliphatic carbocycles. The molecule has 1 aliphatic heterocycles. The van der Waals surface area contributed by atoms with Gasteiger partial charge in [0.2, 0.25) is 5.91 Å². The zero-order valence-electron chi connectivity index (χ0n) is 16.5. The van der Waals surface area contributed by atoms with Crippen LogP contribution in [-0.4, -0.2) is 49.5 Å². The largest absolute Gasteiger partial charge is 0.431 e. The highest BCUT2D eigenvalue weighted by Crippen LogP contribution is 2.23. The lowest BCUT2D eigenvalue weighted by Gasteiger charge is -2.28. The van der Waals surface area contributed by atoms with Gasteiger partial charge >= 0.3 is 0 Å². The van der Waals surface area contributed by atoms with Crippen molar-refractivity contribution in [2.45, 2.75) is 18.2 Å². The molecule has 6 nitrogen and oxygen atoms in total. The molecule has 0 spiro atoms. The van der Waals surface area contributed by atoms with Crippen LogP contribution in [-0.2, 0) is 9.53 Å². The molecule has 1 fully saturated rings. The van der Waals surface area contributed by atoms with Gasteiger partial charge in [-0.3, -0.25) is 4.79 Å². The second-order valence-electron chi connectivity index (χ2n) is 7.33. The molecule has 1 aliphatic rings. The number of carbonyl (C=O) groups is 1. The average molecular weight is 413 g/mol. The lowest BCUT2D eigenvalue weighted by Crippen LogP contribution is -3.14. The van der Waals surface area contributed by atoms with E-state index in [4.69, 9.17) is 9.15 Å². The van der Waals surface area contributed by atoms with E-state index in [1.54, 1.807) is 0 Å². The number of oxazole rings is 1. The van der Waals surface area contributed by atoms with Crippen LogP contribution in [0, 0.1) is 6.92 Å². The smallest absolute Gasteiger partial charge is 0.257 e. The molecule has 1 atom stereocenters. The number of nitrogens with one attached hydrogen (secondary N) is 2. The Morgan fingerprint density at radius 3 is 2.69 bits per heavy atom. The molecular formula is C22H26N3O3S+. The maximum atomic E-state index is 12.7. The standard InChI is InChI=1S/C22H25N3O3S/c1-16-6-8-17(9-7-16)19(14-25-10-12-27-13-11-25)23-21(26)15-29-22-24-18-4-2-3-5-20(18)28-22/h2-9,19H,10-15H2,1H3,(H,23,26)/p+1/t19-/m0/s1. The number of aromatic nitrogens is 1. The first kappa shape index (κ1) is 19.9. The van der Waals surface area contributed by atoms with Crippen molar-refractivity contribution in [2.24, 2.45) is 0 Å². The van der Waals surface area contributed by atoms with Gasteiger partial charge in [0.15, 0.2) is 5.58 Å². The Kier molecular flexibility index (Phi) is 6.49. The molecule has 2 heterocycles. The summed E-state index contributed by atoms with van der Waals surface area (Å²) >= 11 is 1.32. The summed E-state index contributed by atoms with van der Waals surface area (Å²) in [5.74, 6) is 0.253. The molecular weight excluding hydrogens is 386 g/mol. The van der Waals surface area contributed by atoms with Crippen LogP contribution in [0.2, 0.25) is 0 Å². The zero-order chi connectivity index (χ0) is 20.1. The van der Waals surface area contributed by atoms with E-state index in [1.807, 2.05) is 24.3 Å². The molecule has 7 heteroatoms. The van der Waals surface area contributed by atoms with Crippen molar-refractivity contribution >= 4 is 28.8 Å². The quantitative estimate of drug-likeness (QED) is 0.581. The molecule has 4 rings (SSSR count). The van der Waals surface area contributed by atoms with Crippen LogP contribution in [0.5, 0.6) is 0 Å². The summed E-state index contributed by atoms with van der Waals surface area (Å²) in [5, 5.41) is 3.73. The molecule has 0 saturated carbocycles. The topological polar surface area (TPSA) is 68.8 Å². The number of nitrogens with zero attached hydrogens (tertiary/aromatic N) is 1. The van der Waals surface area contributed by atoms with Crippen molar-refractivity contribution in [3.8, 4) is 0 Å². The van der Waals surface area contributed by atoms with Crippen molar-refractivity contribution in [1.82, 2.24) is 10.3 Å². The summed E-state index contributed by atoms with van der Waals surface area (Å²) < 4.78 is 11.2. The fourth-order valence-corrected chi connectivity index (χ4v) is 4.13. The average Bonchev–Trinajstić information content (AvgIpc) is 3.16. The highest BCUT2D eigenvalue weighted by molar-refractivity contribution is 7.99. The van der Waals surface area contributed by atoms with Gasteiger partial charge in [0.25, 0.3) is 5.22 Å². The number of carbonyl (C=O) groups excluding carboxylic acids is 1. The van der Waals surface area contributed by atoms with E-state index < -0.39 is 0 Å². The van der Waals surface area contributed by atoms with E-state index >= 15 is 0 Å². The maximum absolute atomic E-state index is 12.7. The number of morpholine rings is 1. The third-order valence-corrected chi connectivity index (χ3v) is 5.94. The van der Waals surface area contributed by atoms with Gasteiger partial charge in [-0.15, -0.1) is 0 Å². The first-order valence-corrected chi connectivity index (χ1v) is 10.9. The highest BCUT2D eigenvalue weighted by Gasteiger charge is 2.23. The number of rotatable bonds is 7. The lowest BCUT2D eigenvalue weighted by molar-refractivity contribution is -0.909. The summed E-state index contributed by atoms with van der Waals surface area (Å²) in [7, 11) is 0. The first-order chi connectivity index (χ1) is 14.2. The Balaban J connectivity index is 1.39. The van der Waals surface area contributed by atoms with Crippen LogP contribution < -0.4 is 10.2 Å². The van der Waals surface area contributed by atoms with Gasteiger partial charge in [-0.1, -0.05) is 53.7 Å². The molecule has 0 radical (unpaired) electrons. The van der Waals surface area contributed by atoms with E-state index in [9.17, 15) is 4.79 Å². The number of hydrogen-bond donors (Lipinski definition) is 2. The van der Waals surface area contributed by atoms with Crippen LogP contribution in [0.3, 0.4) is 0 Å². The van der Waals surface area contributed by atoms with Gasteiger partial charge in [0.05, 0.1) is 19.0 Å². The van der Waals surface area contributed by atoms with Gasteiger partial charge in [0.1, 0.15) is 31.2 Å². The number of aryl methyl sites for hydroxylation is 1. The van der Waals surface area contributed by atoms with Gasteiger partial charge < -0.3 is 19.4 Å². The fourth-order valence-electron chi connectivity index (χ4n) is 3.48. The Morgan fingerprint density at radius 1 is 1.17 bits per heavy atom. The van der Waals surface area contributed by atoms with E-state index in [2.05, 4.69) is 41.5 Å². The third kappa shape index (κ3) is 5.38. The number of ether oxygens (including phenoxy) is 1. The molecule has 3 aromatic rings. The van der Waals surface area contributed by atoms with E-state index in [0.717, 1.165) is 49.5 Å². The van der Waals surface area contributed by atoms with Crippen LogP contribution >= 0.6 is 11.8 Å². The predicted molar refractivity (Wildman–Crippen MR) is 113 cm³/mol. The number of quaternary nitrogens is 1. The van der Waals surface area contributed by atoms with Crippen LogP contribution in [0.25, 0.3) is 11.1 Å². The third-order valence-electron chi connectivity index (χ3n) is 5.11. The minimum absolute atomic E-state index is 0.0181. The highest BCUT2D eigenvalue weighted by atomic mass is 32.2. The monoisotopic (exact) mass is 412 g/mol. The Hall–Kier alpha value is -2.35. The van der Waals surface area contributed by atoms with Crippen molar-refractivity contribution in [3.63, 3.8) is 0 Å². The normalized spacial score (nSPS) is 16.0. The van der Waals surface area contributed by atoms with Crippen molar-refractivity contribution in [3.05, 3.63) is 59.7 Å². The molecule has 1 amide bonds. The fraction of sp³-hybridized carbons (Fsp3) is 0.364. The van der Waals surface area contributed by atoms with E-state index in [0.29, 0.717) is 5.22 Å². The second-order valence-corrected chi connectivity index (χ2v) is 8.26. The van der Waals surface area contributed by atoms with Crippen molar-refractivity contribution < 1.29 is 18.8 Å². The summed E-state index contributed by atoms with van der Waals surface area (Å²) in [6.45, 7) is 6.41. The van der Waals surface area contributed by atoms with E-state index in [-0.39, 0.29) is 17.7 Å². The molecule has 2 aromatic carbocycles. The number of thioether (sulfide) groups is 1. The molecule has 0 bridgehead atoms. The summed E-state index contributed by atoms with van der Waals surface area (Å²) in [6.07, 6.45) is 0. The van der Waals surface area contributed by atoms with Crippen LogP contribution in [0.15, 0.2) is 58.2 Å². The minimum Gasteiger partial charge on any atom is -0.431 e. The predicted octanol–water partition coefficient (Wildman–Crippen LogP) is 2.00. The van der Waals surface area contributed by atoms with Crippen LogP contribution in [0.4, 0.5) is 0 Å². The Labute approximate surface area is 174 Å². The lowest BCUT2D eigenvalue weighted by atomic mass is 10.0. The number of benzene rings is 2. The number of fused-ring (bicyclic) bond motifs is 1. The maximum Gasteiger partial charge on any atom is 0.257 e. The number of amides is 1. The van der Waals surface area contributed by atoms with Gasteiger partial charge in [-0.2, -0.15) is 0 Å². The molecule has 0 unspecified atom stereocenters. The SMILES string of the molecule is Cc1ccc([C@H](C[NH+]2CCOCC2)NC(=O)CSc2nc3ccccc3o2)cc1. The van der Waals surface area contributed by atoms with Gasteiger partial charge in [-0.05, 0) is 24.6 Å². The molecule has 29 heavy (non-hydrogen) atoms. The van der Waals surface area contributed by atoms with Crippen molar-refractivity contribution in [1.29, 1.82) is 0 Å². The summed E-state index contributed by atoms with van der Waals surface area (Å²) in [4.78, 5) is 18.6. The Bertz CT molecular complexity index is 918. The second kappa shape index (κ2) is 9.43. The zero-order valence-corrected chi connectivity index (χ0v) is 17.3. The molecule has 152 valence electrons. The van der Waals surface area contributed by atoms with Crippen molar-refractivity contribution in [2.75, 3.05) is 38.6 Å². The van der Waals surface area contributed by atoms with Gasteiger partial charge in [0, 0.05) is 0 Å². The molecule has 1 saturated heterocycles.